The normalized spacial score (nSPS) is 11.0. The van der Waals surface area contributed by atoms with Gasteiger partial charge in [-0.15, -0.1) is 0 Å². The lowest BCUT2D eigenvalue weighted by Crippen LogP contribution is -2.03. The Morgan fingerprint density at radius 1 is 1.17 bits per heavy atom. The summed E-state index contributed by atoms with van der Waals surface area (Å²) < 4.78 is 3.18. The molecule has 18 heavy (non-hydrogen) atoms. The Kier molecular flexibility index (Phi) is 2.88. The number of pyridine rings is 1. The van der Waals surface area contributed by atoms with E-state index in [4.69, 9.17) is 0 Å². The van der Waals surface area contributed by atoms with Crippen LogP contribution in [0, 0.1) is 6.92 Å². The van der Waals surface area contributed by atoms with Gasteiger partial charge in [0.15, 0.2) is 0 Å². The molecule has 3 nitrogen and oxygen atoms in total. The third-order valence-corrected chi connectivity index (χ3v) is 3.42. The minimum Gasteiger partial charge on any atom is -0.322 e. The highest BCUT2D eigenvalue weighted by Crippen LogP contribution is 2.17. The predicted molar refractivity (Wildman–Crippen MR) is 75.5 cm³/mol. The Hall–Kier alpha value is -1.68. The maximum Gasteiger partial charge on any atom is 0.107 e. The lowest BCUT2D eigenvalue weighted by molar-refractivity contribution is 0.764. The third kappa shape index (κ3) is 2.04. The standard InChI is InChI=1S/C14H12BrN3/c1-10-17-13-4-2-3-5-14(13)18(10)9-12-7-6-11(15)8-16-12/h2-8H,9H2,1H3. The molecule has 1 aromatic carbocycles. The molecule has 0 fully saturated rings. The molecule has 0 spiro atoms. The van der Waals surface area contributed by atoms with Crippen LogP contribution in [0.15, 0.2) is 47.1 Å². The molecular weight excluding hydrogens is 290 g/mol. The van der Waals surface area contributed by atoms with E-state index in [1.807, 2.05) is 43.5 Å². The number of aryl methyl sites for hydroxylation is 1. The van der Waals surface area contributed by atoms with E-state index in [1.54, 1.807) is 0 Å². The Balaban J connectivity index is 2.04. The maximum absolute atomic E-state index is 4.55. The molecule has 4 heteroatoms. The Morgan fingerprint density at radius 2 is 2.00 bits per heavy atom. The largest absolute Gasteiger partial charge is 0.322 e. The van der Waals surface area contributed by atoms with Gasteiger partial charge in [-0.05, 0) is 47.1 Å². The number of hydrogen-bond acceptors (Lipinski definition) is 2. The van der Waals surface area contributed by atoms with Crippen LogP contribution in [0.25, 0.3) is 11.0 Å². The molecule has 0 unspecified atom stereocenters. The molecule has 0 amide bonds. The van der Waals surface area contributed by atoms with E-state index in [-0.39, 0.29) is 0 Å². The molecule has 0 radical (unpaired) electrons. The summed E-state index contributed by atoms with van der Waals surface area (Å²) in [6.45, 7) is 2.78. The van der Waals surface area contributed by atoms with Crippen molar-refractivity contribution in [1.29, 1.82) is 0 Å². The van der Waals surface area contributed by atoms with Crippen LogP contribution in [0.5, 0.6) is 0 Å². The first-order valence-corrected chi connectivity index (χ1v) is 6.55. The van der Waals surface area contributed by atoms with E-state index in [1.165, 1.54) is 0 Å². The highest BCUT2D eigenvalue weighted by Gasteiger charge is 2.07. The predicted octanol–water partition coefficient (Wildman–Crippen LogP) is 3.55. The second-order valence-electron chi connectivity index (χ2n) is 4.20. The first-order valence-electron chi connectivity index (χ1n) is 5.76. The summed E-state index contributed by atoms with van der Waals surface area (Å²) in [5.74, 6) is 1.01. The van der Waals surface area contributed by atoms with Crippen LogP contribution in [-0.2, 0) is 6.54 Å². The second kappa shape index (κ2) is 4.53. The summed E-state index contributed by atoms with van der Waals surface area (Å²) in [7, 11) is 0. The molecule has 3 aromatic rings. The monoisotopic (exact) mass is 301 g/mol. The van der Waals surface area contributed by atoms with Crippen molar-refractivity contribution < 1.29 is 0 Å². The molecule has 0 saturated heterocycles. The zero-order valence-electron chi connectivity index (χ0n) is 9.97. The molecule has 0 aliphatic carbocycles. The van der Waals surface area contributed by atoms with E-state index in [2.05, 4.69) is 36.5 Å². The fraction of sp³-hybridized carbons (Fsp3) is 0.143. The molecule has 0 aliphatic rings. The molecule has 3 rings (SSSR count). The topological polar surface area (TPSA) is 30.7 Å². The minimum atomic E-state index is 0.750. The van der Waals surface area contributed by atoms with Gasteiger partial charge < -0.3 is 4.57 Å². The van der Waals surface area contributed by atoms with Crippen LogP contribution in [0.2, 0.25) is 0 Å². The van der Waals surface area contributed by atoms with E-state index in [9.17, 15) is 0 Å². The number of rotatable bonds is 2. The molecule has 2 heterocycles. The van der Waals surface area contributed by atoms with Gasteiger partial charge in [0, 0.05) is 10.7 Å². The van der Waals surface area contributed by atoms with Gasteiger partial charge in [0.2, 0.25) is 0 Å². The van der Waals surface area contributed by atoms with Gasteiger partial charge in [-0.1, -0.05) is 12.1 Å². The number of halogens is 1. The summed E-state index contributed by atoms with van der Waals surface area (Å²) in [6, 6.07) is 12.2. The van der Waals surface area contributed by atoms with E-state index in [0.717, 1.165) is 33.6 Å². The number of fused-ring (bicyclic) bond motifs is 1. The molecule has 0 aliphatic heterocycles. The molecule has 0 saturated carbocycles. The quantitative estimate of drug-likeness (QED) is 0.725. The van der Waals surface area contributed by atoms with Crippen LogP contribution in [-0.4, -0.2) is 14.5 Å². The maximum atomic E-state index is 4.55. The fourth-order valence-electron chi connectivity index (χ4n) is 2.06. The first-order chi connectivity index (χ1) is 8.74. The average molecular weight is 302 g/mol. The van der Waals surface area contributed by atoms with E-state index >= 15 is 0 Å². The van der Waals surface area contributed by atoms with E-state index < -0.39 is 0 Å². The van der Waals surface area contributed by atoms with Crippen LogP contribution in [0.1, 0.15) is 11.5 Å². The lowest BCUT2D eigenvalue weighted by atomic mass is 10.3. The van der Waals surface area contributed by atoms with Crippen molar-refractivity contribution in [2.45, 2.75) is 13.5 Å². The Morgan fingerprint density at radius 3 is 2.78 bits per heavy atom. The Labute approximate surface area is 114 Å². The number of benzene rings is 1. The van der Waals surface area contributed by atoms with Crippen molar-refractivity contribution in [2.75, 3.05) is 0 Å². The van der Waals surface area contributed by atoms with Gasteiger partial charge in [0.1, 0.15) is 5.82 Å². The van der Waals surface area contributed by atoms with Gasteiger partial charge in [0.25, 0.3) is 0 Å². The van der Waals surface area contributed by atoms with Crippen LogP contribution in [0.4, 0.5) is 0 Å². The van der Waals surface area contributed by atoms with Crippen molar-refractivity contribution in [2.24, 2.45) is 0 Å². The zero-order chi connectivity index (χ0) is 12.5. The van der Waals surface area contributed by atoms with Crippen molar-refractivity contribution in [1.82, 2.24) is 14.5 Å². The highest BCUT2D eigenvalue weighted by atomic mass is 79.9. The second-order valence-corrected chi connectivity index (χ2v) is 5.12. The summed E-state index contributed by atoms with van der Waals surface area (Å²) in [5.41, 5.74) is 3.22. The molecular formula is C14H12BrN3. The summed E-state index contributed by atoms with van der Waals surface area (Å²) in [5, 5.41) is 0. The highest BCUT2D eigenvalue weighted by molar-refractivity contribution is 9.10. The van der Waals surface area contributed by atoms with Gasteiger partial charge in [0.05, 0.1) is 23.3 Å². The van der Waals surface area contributed by atoms with Crippen molar-refractivity contribution in [3.8, 4) is 0 Å². The number of aromatic nitrogens is 3. The fourth-order valence-corrected chi connectivity index (χ4v) is 2.29. The minimum absolute atomic E-state index is 0.750. The van der Waals surface area contributed by atoms with Crippen molar-refractivity contribution >= 4 is 27.0 Å². The van der Waals surface area contributed by atoms with Crippen LogP contribution in [0.3, 0.4) is 0 Å². The third-order valence-electron chi connectivity index (χ3n) is 2.95. The van der Waals surface area contributed by atoms with Gasteiger partial charge >= 0.3 is 0 Å². The van der Waals surface area contributed by atoms with E-state index in [0.29, 0.717) is 0 Å². The first kappa shape index (κ1) is 11.4. The summed E-state index contributed by atoms with van der Waals surface area (Å²) in [4.78, 5) is 8.96. The SMILES string of the molecule is Cc1nc2ccccc2n1Cc1ccc(Br)cn1. The number of imidazole rings is 1. The molecule has 0 N–H and O–H groups in total. The lowest BCUT2D eigenvalue weighted by Gasteiger charge is -2.06. The average Bonchev–Trinajstić information content (AvgIpc) is 2.69. The smallest absolute Gasteiger partial charge is 0.107 e. The Bertz CT molecular complexity index is 686. The summed E-state index contributed by atoms with van der Waals surface area (Å²) >= 11 is 3.40. The zero-order valence-corrected chi connectivity index (χ0v) is 11.6. The summed E-state index contributed by atoms with van der Waals surface area (Å²) in [6.07, 6.45) is 1.82. The number of nitrogens with zero attached hydrogens (tertiary/aromatic N) is 3. The molecule has 90 valence electrons. The molecule has 0 atom stereocenters. The van der Waals surface area contributed by atoms with Crippen molar-refractivity contribution in [3.63, 3.8) is 0 Å². The van der Waals surface area contributed by atoms with Gasteiger partial charge in [-0.25, -0.2) is 4.98 Å². The van der Waals surface area contributed by atoms with Gasteiger partial charge in [-0.3, -0.25) is 4.98 Å². The van der Waals surface area contributed by atoms with Crippen LogP contribution < -0.4 is 0 Å². The van der Waals surface area contributed by atoms with Gasteiger partial charge in [-0.2, -0.15) is 0 Å². The number of para-hydroxylation sites is 2. The number of hydrogen-bond donors (Lipinski definition) is 0. The molecule has 0 bridgehead atoms. The molecule has 2 aromatic heterocycles. The van der Waals surface area contributed by atoms with Crippen LogP contribution >= 0.6 is 15.9 Å². The van der Waals surface area contributed by atoms with Crippen molar-refractivity contribution in [3.05, 3.63) is 58.6 Å².